The Morgan fingerprint density at radius 1 is 0.800 bits per heavy atom. The third kappa shape index (κ3) is 6.03. The van der Waals surface area contributed by atoms with Crippen LogP contribution in [0.4, 0.5) is 0 Å². The maximum Gasteiger partial charge on any atom is 0.355 e. The van der Waals surface area contributed by atoms with E-state index in [-0.39, 0.29) is 30.9 Å². The Balaban J connectivity index is 1.82. The zero-order chi connectivity index (χ0) is 32.1. The van der Waals surface area contributed by atoms with Crippen molar-refractivity contribution in [3.63, 3.8) is 0 Å². The molecule has 0 aliphatic heterocycles. The molecule has 0 aliphatic rings. The van der Waals surface area contributed by atoms with Gasteiger partial charge in [0.05, 0.1) is 58.4 Å². The number of rotatable bonds is 11. The SMILES string of the molecule is COC(=O)c1c(-c2cc(OC)c(OC)c(OC)c2)c2ccc(OCc3cccc(CO)n3)cc2c(=O)n1-c1cccc(CO)c1. The van der Waals surface area contributed by atoms with Gasteiger partial charge in [0.15, 0.2) is 11.5 Å². The normalized spacial score (nSPS) is 10.9. The third-order valence-corrected chi connectivity index (χ3v) is 7.25. The fraction of sp³-hybridized carbons (Fsp3) is 0.206. The summed E-state index contributed by atoms with van der Waals surface area (Å²) in [6.07, 6.45) is 0. The molecule has 5 rings (SSSR count). The van der Waals surface area contributed by atoms with Gasteiger partial charge in [0.1, 0.15) is 18.1 Å². The third-order valence-electron chi connectivity index (χ3n) is 7.25. The van der Waals surface area contributed by atoms with Crippen molar-refractivity contribution < 1.29 is 38.7 Å². The van der Waals surface area contributed by atoms with Crippen LogP contribution in [0.5, 0.6) is 23.0 Å². The highest BCUT2D eigenvalue weighted by atomic mass is 16.5. The lowest BCUT2D eigenvalue weighted by atomic mass is 9.95. The molecule has 0 unspecified atom stereocenters. The van der Waals surface area contributed by atoms with E-state index in [1.54, 1.807) is 72.8 Å². The minimum absolute atomic E-state index is 0.0435. The monoisotopic (exact) mass is 612 g/mol. The molecule has 0 spiro atoms. The summed E-state index contributed by atoms with van der Waals surface area (Å²) in [7, 11) is 5.69. The summed E-state index contributed by atoms with van der Waals surface area (Å²) in [5, 5.41) is 20.0. The molecule has 0 fully saturated rings. The molecule has 2 aromatic heterocycles. The largest absolute Gasteiger partial charge is 0.493 e. The van der Waals surface area contributed by atoms with Crippen molar-refractivity contribution in [1.29, 1.82) is 0 Å². The first-order valence-electron chi connectivity index (χ1n) is 13.9. The number of nitrogens with zero attached hydrogens (tertiary/aromatic N) is 2. The first kappa shape index (κ1) is 31.0. The van der Waals surface area contributed by atoms with Crippen LogP contribution in [0, 0.1) is 0 Å². The van der Waals surface area contributed by atoms with E-state index in [1.807, 2.05) is 0 Å². The molecule has 0 saturated carbocycles. The van der Waals surface area contributed by atoms with Crippen molar-refractivity contribution in [3.8, 4) is 39.8 Å². The Morgan fingerprint density at radius 3 is 2.16 bits per heavy atom. The number of hydrogen-bond donors (Lipinski definition) is 2. The number of fused-ring (bicyclic) bond motifs is 1. The van der Waals surface area contributed by atoms with Crippen molar-refractivity contribution in [2.24, 2.45) is 0 Å². The van der Waals surface area contributed by atoms with Crippen LogP contribution in [-0.2, 0) is 24.6 Å². The van der Waals surface area contributed by atoms with Gasteiger partial charge in [-0.1, -0.05) is 18.2 Å². The molecule has 0 bridgehead atoms. The Labute approximate surface area is 258 Å². The number of pyridine rings is 2. The van der Waals surface area contributed by atoms with Crippen LogP contribution in [0.15, 0.2) is 77.6 Å². The Bertz CT molecular complexity index is 1910. The lowest BCUT2D eigenvalue weighted by Gasteiger charge is -2.21. The first-order valence-corrected chi connectivity index (χ1v) is 13.9. The Morgan fingerprint density at radius 2 is 1.51 bits per heavy atom. The predicted octanol–water partition coefficient (Wildman–Crippen LogP) is 4.43. The van der Waals surface area contributed by atoms with Crippen LogP contribution in [0.1, 0.15) is 27.4 Å². The van der Waals surface area contributed by atoms with Gasteiger partial charge in [-0.25, -0.2) is 4.79 Å². The van der Waals surface area contributed by atoms with Gasteiger partial charge >= 0.3 is 5.97 Å². The molecule has 0 aliphatic carbocycles. The number of aliphatic hydroxyl groups is 2. The maximum absolute atomic E-state index is 14.3. The van der Waals surface area contributed by atoms with Crippen LogP contribution in [0.25, 0.3) is 27.6 Å². The number of benzene rings is 3. The molecule has 2 heterocycles. The number of aliphatic hydroxyl groups excluding tert-OH is 2. The van der Waals surface area contributed by atoms with Crippen molar-refractivity contribution in [1.82, 2.24) is 9.55 Å². The zero-order valence-electron chi connectivity index (χ0n) is 25.2. The van der Waals surface area contributed by atoms with Gasteiger partial charge in [0, 0.05) is 11.3 Å². The van der Waals surface area contributed by atoms with E-state index in [4.69, 9.17) is 23.7 Å². The minimum Gasteiger partial charge on any atom is -0.493 e. The van der Waals surface area contributed by atoms with Crippen molar-refractivity contribution in [3.05, 3.63) is 106 Å². The lowest BCUT2D eigenvalue weighted by molar-refractivity contribution is 0.0591. The molecular weight excluding hydrogens is 580 g/mol. The summed E-state index contributed by atoms with van der Waals surface area (Å²) in [5.41, 5.74) is 2.29. The van der Waals surface area contributed by atoms with E-state index in [1.165, 1.54) is 33.0 Å². The predicted molar refractivity (Wildman–Crippen MR) is 166 cm³/mol. The van der Waals surface area contributed by atoms with Crippen LogP contribution in [-0.4, -0.2) is 54.2 Å². The van der Waals surface area contributed by atoms with Gasteiger partial charge in [0.25, 0.3) is 5.56 Å². The molecule has 45 heavy (non-hydrogen) atoms. The molecule has 232 valence electrons. The van der Waals surface area contributed by atoms with Crippen LogP contribution in [0.3, 0.4) is 0 Å². The first-order chi connectivity index (χ1) is 21.9. The summed E-state index contributed by atoms with van der Waals surface area (Å²) >= 11 is 0. The van der Waals surface area contributed by atoms with Gasteiger partial charge in [-0.2, -0.15) is 0 Å². The highest BCUT2D eigenvalue weighted by molar-refractivity contribution is 6.07. The second-order valence-electron chi connectivity index (χ2n) is 9.87. The topological polar surface area (TPSA) is 139 Å². The number of ether oxygens (including phenoxy) is 5. The second-order valence-corrected chi connectivity index (χ2v) is 9.87. The second kappa shape index (κ2) is 13.5. The van der Waals surface area contributed by atoms with Crippen molar-refractivity contribution in [2.45, 2.75) is 19.8 Å². The number of carbonyl (C=O) groups excluding carboxylic acids is 1. The molecule has 0 radical (unpaired) electrons. The highest BCUT2D eigenvalue weighted by Gasteiger charge is 2.27. The highest BCUT2D eigenvalue weighted by Crippen LogP contribution is 2.44. The summed E-state index contributed by atoms with van der Waals surface area (Å²) in [4.78, 5) is 32.3. The number of methoxy groups -OCH3 is 4. The van der Waals surface area contributed by atoms with Gasteiger partial charge in [0.2, 0.25) is 5.75 Å². The maximum atomic E-state index is 14.3. The summed E-state index contributed by atoms with van der Waals surface area (Å²) < 4.78 is 29.2. The number of aromatic nitrogens is 2. The fourth-order valence-corrected chi connectivity index (χ4v) is 5.17. The molecule has 11 heteroatoms. The van der Waals surface area contributed by atoms with E-state index in [0.717, 1.165) is 0 Å². The smallest absolute Gasteiger partial charge is 0.355 e. The average Bonchev–Trinajstić information content (AvgIpc) is 3.09. The van der Waals surface area contributed by atoms with Gasteiger partial charge in [-0.15, -0.1) is 0 Å². The molecule has 2 N–H and O–H groups in total. The van der Waals surface area contributed by atoms with Crippen LogP contribution in [0.2, 0.25) is 0 Å². The number of hydrogen-bond acceptors (Lipinski definition) is 10. The molecular formula is C34H32N2O9. The standard InChI is InChI=1S/C34H32N2O9/c1-41-28-14-21(15-29(42-2)32(28)43-3)30-26-12-11-25(45-19-23-9-6-8-22(18-38)35-23)16-27(26)33(39)36(31(30)34(40)44-4)24-10-5-7-20(13-24)17-37/h5-16,37-38H,17-19H2,1-4H3. The molecule has 0 amide bonds. The lowest BCUT2D eigenvalue weighted by Crippen LogP contribution is -2.27. The van der Waals surface area contributed by atoms with E-state index in [9.17, 15) is 19.8 Å². The zero-order valence-corrected chi connectivity index (χ0v) is 25.2. The van der Waals surface area contributed by atoms with E-state index < -0.39 is 11.5 Å². The van der Waals surface area contributed by atoms with E-state index in [0.29, 0.717) is 62.1 Å². The molecule has 11 nitrogen and oxygen atoms in total. The summed E-state index contributed by atoms with van der Waals surface area (Å²) in [6, 6.07) is 20.3. The van der Waals surface area contributed by atoms with E-state index in [2.05, 4.69) is 4.98 Å². The molecule has 0 atom stereocenters. The Hall–Kier alpha value is -5.39. The van der Waals surface area contributed by atoms with Gasteiger partial charge in [-0.05, 0) is 71.1 Å². The average molecular weight is 613 g/mol. The summed E-state index contributed by atoms with van der Waals surface area (Å²) in [6.45, 7) is -0.383. The number of carbonyl (C=O) groups is 1. The van der Waals surface area contributed by atoms with Gasteiger partial charge < -0.3 is 33.9 Å². The number of esters is 1. The molecule has 0 saturated heterocycles. The fourth-order valence-electron chi connectivity index (χ4n) is 5.17. The Kier molecular flexibility index (Phi) is 9.31. The molecule has 3 aromatic carbocycles. The minimum atomic E-state index is -0.762. The van der Waals surface area contributed by atoms with Crippen LogP contribution < -0.4 is 24.5 Å². The van der Waals surface area contributed by atoms with E-state index >= 15 is 0 Å². The molecule has 5 aromatic rings. The van der Waals surface area contributed by atoms with Gasteiger partial charge in [-0.3, -0.25) is 14.3 Å². The van der Waals surface area contributed by atoms with Crippen molar-refractivity contribution in [2.75, 3.05) is 28.4 Å². The van der Waals surface area contributed by atoms with Crippen molar-refractivity contribution >= 4 is 16.7 Å². The quantitative estimate of drug-likeness (QED) is 0.206. The summed E-state index contributed by atoms with van der Waals surface area (Å²) in [5.74, 6) is 0.656. The van der Waals surface area contributed by atoms with Crippen LogP contribution >= 0.6 is 0 Å².